The fourth-order valence-electron chi connectivity index (χ4n) is 3.18. The third-order valence-electron chi connectivity index (χ3n) is 4.90. The standard InChI is InChI=1S/C19H22N2O4S2/c1-11-12(2)27-17(15(11)19(24)25-3)20-16(22)13-6-8-21(9-7-13)18(23)14-5-4-10-26-14/h4-5,10,13H,6-9H2,1-3H3,(H,20,22). The zero-order chi connectivity index (χ0) is 19.6. The van der Waals surface area contributed by atoms with Crippen LogP contribution in [0.3, 0.4) is 0 Å². The van der Waals surface area contributed by atoms with E-state index in [0.717, 1.165) is 15.3 Å². The van der Waals surface area contributed by atoms with Crippen LogP contribution in [0, 0.1) is 19.8 Å². The quantitative estimate of drug-likeness (QED) is 0.786. The van der Waals surface area contributed by atoms with Gasteiger partial charge in [0.2, 0.25) is 5.91 Å². The van der Waals surface area contributed by atoms with Gasteiger partial charge in [0.05, 0.1) is 17.6 Å². The average Bonchev–Trinajstić information content (AvgIpc) is 3.30. The summed E-state index contributed by atoms with van der Waals surface area (Å²) < 4.78 is 4.85. The summed E-state index contributed by atoms with van der Waals surface area (Å²) in [6.07, 6.45) is 1.22. The van der Waals surface area contributed by atoms with Crippen LogP contribution in [0.2, 0.25) is 0 Å². The molecule has 1 N–H and O–H groups in total. The first-order valence-corrected chi connectivity index (χ1v) is 10.4. The first kappa shape index (κ1) is 19.6. The van der Waals surface area contributed by atoms with Gasteiger partial charge in [-0.1, -0.05) is 6.07 Å². The Balaban J connectivity index is 1.63. The second-order valence-corrected chi connectivity index (χ2v) is 8.68. The van der Waals surface area contributed by atoms with Crippen molar-refractivity contribution in [2.24, 2.45) is 5.92 Å². The third kappa shape index (κ3) is 4.06. The lowest BCUT2D eigenvalue weighted by Gasteiger charge is -2.31. The number of hydrogen-bond donors (Lipinski definition) is 1. The van der Waals surface area contributed by atoms with E-state index >= 15 is 0 Å². The molecule has 2 amide bonds. The number of amides is 2. The van der Waals surface area contributed by atoms with E-state index in [-0.39, 0.29) is 17.7 Å². The van der Waals surface area contributed by atoms with Crippen LogP contribution < -0.4 is 5.32 Å². The summed E-state index contributed by atoms with van der Waals surface area (Å²) in [7, 11) is 1.33. The number of thiophene rings is 2. The van der Waals surface area contributed by atoms with Gasteiger partial charge < -0.3 is 15.0 Å². The van der Waals surface area contributed by atoms with Crippen LogP contribution in [0.15, 0.2) is 17.5 Å². The Bertz CT molecular complexity index is 849. The molecule has 1 saturated heterocycles. The highest BCUT2D eigenvalue weighted by Crippen LogP contribution is 2.34. The Labute approximate surface area is 166 Å². The number of nitrogens with zero attached hydrogens (tertiary/aromatic N) is 1. The fourth-order valence-corrected chi connectivity index (χ4v) is 4.92. The number of piperidine rings is 1. The Kier molecular flexibility index (Phi) is 5.96. The molecule has 2 aromatic heterocycles. The number of likely N-dealkylation sites (tertiary alicyclic amines) is 1. The number of hydrogen-bond acceptors (Lipinski definition) is 6. The molecule has 0 radical (unpaired) electrons. The Hall–Kier alpha value is -2.19. The van der Waals surface area contributed by atoms with Crippen molar-refractivity contribution in [3.63, 3.8) is 0 Å². The van der Waals surface area contributed by atoms with E-state index in [4.69, 9.17) is 4.74 Å². The SMILES string of the molecule is COC(=O)c1c(NC(=O)C2CCN(C(=O)c3cccs3)CC2)sc(C)c1C. The Morgan fingerprint density at radius 2 is 1.93 bits per heavy atom. The summed E-state index contributed by atoms with van der Waals surface area (Å²) in [6, 6.07) is 3.68. The normalized spacial score (nSPS) is 14.9. The minimum atomic E-state index is -0.441. The van der Waals surface area contributed by atoms with Crippen molar-refractivity contribution >= 4 is 45.5 Å². The van der Waals surface area contributed by atoms with Crippen molar-refractivity contribution in [2.75, 3.05) is 25.5 Å². The predicted octanol–water partition coefficient (Wildman–Crippen LogP) is 3.70. The number of carbonyl (C=O) groups excluding carboxylic acids is 3. The average molecular weight is 407 g/mol. The van der Waals surface area contributed by atoms with Crippen LogP contribution in [0.25, 0.3) is 0 Å². The third-order valence-corrected chi connectivity index (χ3v) is 6.88. The molecule has 3 heterocycles. The largest absolute Gasteiger partial charge is 0.465 e. The van der Waals surface area contributed by atoms with Crippen molar-refractivity contribution in [3.05, 3.63) is 38.4 Å². The van der Waals surface area contributed by atoms with Gasteiger partial charge in [-0.15, -0.1) is 22.7 Å². The van der Waals surface area contributed by atoms with Gasteiger partial charge in [-0.05, 0) is 43.7 Å². The van der Waals surface area contributed by atoms with Gasteiger partial charge in [-0.25, -0.2) is 4.79 Å². The number of rotatable bonds is 4. The highest BCUT2D eigenvalue weighted by molar-refractivity contribution is 7.16. The lowest BCUT2D eigenvalue weighted by atomic mass is 9.95. The molecule has 6 nitrogen and oxygen atoms in total. The lowest BCUT2D eigenvalue weighted by Crippen LogP contribution is -2.41. The minimum absolute atomic E-state index is 0.0290. The number of ether oxygens (including phenoxy) is 1. The van der Waals surface area contributed by atoms with Crippen LogP contribution in [0.4, 0.5) is 5.00 Å². The Morgan fingerprint density at radius 3 is 2.52 bits per heavy atom. The van der Waals surface area contributed by atoms with Crippen molar-refractivity contribution < 1.29 is 19.1 Å². The van der Waals surface area contributed by atoms with Crippen molar-refractivity contribution in [2.45, 2.75) is 26.7 Å². The predicted molar refractivity (Wildman–Crippen MR) is 107 cm³/mol. The number of aryl methyl sites for hydroxylation is 1. The van der Waals surface area contributed by atoms with Crippen molar-refractivity contribution in [1.82, 2.24) is 4.90 Å². The van der Waals surface area contributed by atoms with Crippen molar-refractivity contribution in [3.8, 4) is 0 Å². The number of esters is 1. The first-order chi connectivity index (χ1) is 12.9. The van der Waals surface area contributed by atoms with Crippen LogP contribution in [0.5, 0.6) is 0 Å². The topological polar surface area (TPSA) is 75.7 Å². The minimum Gasteiger partial charge on any atom is -0.465 e. The lowest BCUT2D eigenvalue weighted by molar-refractivity contribution is -0.121. The molecular weight excluding hydrogens is 384 g/mol. The fraction of sp³-hybridized carbons (Fsp3) is 0.421. The molecule has 1 fully saturated rings. The van der Waals surface area contributed by atoms with Gasteiger partial charge in [0.1, 0.15) is 5.00 Å². The number of methoxy groups -OCH3 is 1. The van der Waals surface area contributed by atoms with Crippen LogP contribution in [-0.4, -0.2) is 42.9 Å². The summed E-state index contributed by atoms with van der Waals surface area (Å²) in [5.41, 5.74) is 1.26. The molecule has 3 rings (SSSR count). The second kappa shape index (κ2) is 8.22. The maximum absolute atomic E-state index is 12.7. The highest BCUT2D eigenvalue weighted by atomic mass is 32.1. The monoisotopic (exact) mass is 406 g/mol. The zero-order valence-corrected chi connectivity index (χ0v) is 17.2. The smallest absolute Gasteiger partial charge is 0.341 e. The van der Waals surface area contributed by atoms with E-state index in [1.165, 1.54) is 29.8 Å². The molecular formula is C19H22N2O4S2. The molecule has 0 unspecified atom stereocenters. The first-order valence-electron chi connectivity index (χ1n) is 8.74. The van der Waals surface area contributed by atoms with E-state index < -0.39 is 5.97 Å². The van der Waals surface area contributed by atoms with E-state index in [9.17, 15) is 14.4 Å². The molecule has 0 bridgehead atoms. The molecule has 0 spiro atoms. The summed E-state index contributed by atoms with van der Waals surface area (Å²) in [5.74, 6) is -0.694. The van der Waals surface area contributed by atoms with E-state index in [1.807, 2.05) is 31.4 Å². The number of anilines is 1. The second-order valence-electron chi connectivity index (χ2n) is 6.51. The van der Waals surface area contributed by atoms with Gasteiger partial charge in [0.15, 0.2) is 0 Å². The van der Waals surface area contributed by atoms with Crippen molar-refractivity contribution in [1.29, 1.82) is 0 Å². The highest BCUT2D eigenvalue weighted by Gasteiger charge is 2.30. The maximum Gasteiger partial charge on any atom is 0.341 e. The van der Waals surface area contributed by atoms with Gasteiger partial charge >= 0.3 is 5.97 Å². The van der Waals surface area contributed by atoms with Crippen LogP contribution in [0.1, 0.15) is 43.3 Å². The molecule has 0 aliphatic carbocycles. The van der Waals surface area contributed by atoms with Crippen LogP contribution >= 0.6 is 22.7 Å². The van der Waals surface area contributed by atoms with E-state index in [0.29, 0.717) is 36.5 Å². The summed E-state index contributed by atoms with van der Waals surface area (Å²) in [6.45, 7) is 4.88. The maximum atomic E-state index is 12.7. The van der Waals surface area contributed by atoms with Gasteiger partial charge in [-0.2, -0.15) is 0 Å². The summed E-state index contributed by atoms with van der Waals surface area (Å²) in [4.78, 5) is 40.7. The summed E-state index contributed by atoms with van der Waals surface area (Å²) >= 11 is 2.82. The van der Waals surface area contributed by atoms with E-state index in [1.54, 1.807) is 4.90 Å². The summed E-state index contributed by atoms with van der Waals surface area (Å²) in [5, 5.41) is 5.33. The Morgan fingerprint density at radius 1 is 1.22 bits per heavy atom. The molecule has 1 aliphatic heterocycles. The molecule has 8 heteroatoms. The molecule has 0 atom stereocenters. The molecule has 144 valence electrons. The zero-order valence-electron chi connectivity index (χ0n) is 15.5. The van der Waals surface area contributed by atoms with Crippen LogP contribution in [-0.2, 0) is 9.53 Å². The number of carbonyl (C=O) groups is 3. The molecule has 2 aromatic rings. The molecule has 1 aliphatic rings. The van der Waals surface area contributed by atoms with E-state index in [2.05, 4.69) is 5.32 Å². The number of nitrogens with one attached hydrogen (secondary N) is 1. The molecule has 0 saturated carbocycles. The molecule has 27 heavy (non-hydrogen) atoms. The van der Waals surface area contributed by atoms with Gasteiger partial charge in [0.25, 0.3) is 5.91 Å². The van der Waals surface area contributed by atoms with Gasteiger partial charge in [0, 0.05) is 23.9 Å². The molecule has 0 aromatic carbocycles. The van der Waals surface area contributed by atoms with Gasteiger partial charge in [-0.3, -0.25) is 9.59 Å².